The lowest BCUT2D eigenvalue weighted by Gasteiger charge is -2.05. The van der Waals surface area contributed by atoms with E-state index in [1.165, 1.54) is 19.3 Å². The van der Waals surface area contributed by atoms with Gasteiger partial charge in [0.25, 0.3) is 0 Å². The molecule has 0 radical (unpaired) electrons. The molecule has 0 saturated carbocycles. The van der Waals surface area contributed by atoms with Crippen molar-refractivity contribution in [1.29, 1.82) is 0 Å². The van der Waals surface area contributed by atoms with Crippen molar-refractivity contribution in [2.75, 3.05) is 20.1 Å². The minimum atomic E-state index is 0.730. The maximum absolute atomic E-state index is 5.37. The number of unbranched alkanes of at least 4 members (excludes halogenated alkanes) is 3. The Bertz CT molecular complexity index is 117. The van der Waals surface area contributed by atoms with E-state index in [9.17, 15) is 0 Å². The predicted molar refractivity (Wildman–Crippen MR) is 57.2 cm³/mol. The highest BCUT2D eigenvalue weighted by atomic mass is 32.1. The van der Waals surface area contributed by atoms with Gasteiger partial charge in [0.05, 0.1) is 0 Å². The van der Waals surface area contributed by atoms with Crippen LogP contribution in [-0.2, 0) is 0 Å². The van der Waals surface area contributed by atoms with Gasteiger partial charge < -0.3 is 16.4 Å². The molecule has 4 N–H and O–H groups in total. The normalized spacial score (nSPS) is 9.50. The van der Waals surface area contributed by atoms with Crippen molar-refractivity contribution in [3.05, 3.63) is 0 Å². The van der Waals surface area contributed by atoms with Crippen molar-refractivity contribution in [2.45, 2.75) is 25.7 Å². The smallest absolute Gasteiger partial charge is 0.166 e. The van der Waals surface area contributed by atoms with E-state index in [1.54, 1.807) is 0 Å². The van der Waals surface area contributed by atoms with Gasteiger partial charge in [0.2, 0.25) is 0 Å². The molecule has 0 spiro atoms. The summed E-state index contributed by atoms with van der Waals surface area (Å²) in [5, 5.41) is 6.70. The summed E-state index contributed by atoms with van der Waals surface area (Å²) in [7, 11) is 1.82. The molecule has 3 nitrogen and oxygen atoms in total. The minimum absolute atomic E-state index is 0.730. The van der Waals surface area contributed by atoms with Crippen LogP contribution in [0.2, 0.25) is 0 Å². The lowest BCUT2D eigenvalue weighted by molar-refractivity contribution is 0.636. The molecular formula is C8H19N3S. The molecule has 12 heavy (non-hydrogen) atoms. The molecule has 0 fully saturated rings. The summed E-state index contributed by atoms with van der Waals surface area (Å²) < 4.78 is 0. The van der Waals surface area contributed by atoms with Gasteiger partial charge in [-0.1, -0.05) is 12.8 Å². The highest BCUT2D eigenvalue weighted by molar-refractivity contribution is 7.80. The zero-order valence-corrected chi connectivity index (χ0v) is 8.54. The number of rotatable bonds is 6. The Morgan fingerprint density at radius 2 is 1.92 bits per heavy atom. The van der Waals surface area contributed by atoms with Crippen molar-refractivity contribution >= 4 is 17.3 Å². The van der Waals surface area contributed by atoms with Crippen molar-refractivity contribution in [3.63, 3.8) is 0 Å². The van der Waals surface area contributed by atoms with Crippen LogP contribution in [0.1, 0.15) is 25.7 Å². The first-order valence-corrected chi connectivity index (χ1v) is 4.87. The zero-order valence-electron chi connectivity index (χ0n) is 7.73. The van der Waals surface area contributed by atoms with Gasteiger partial charge >= 0.3 is 0 Å². The predicted octanol–water partition coefficient (Wildman–Crippen LogP) is 0.599. The van der Waals surface area contributed by atoms with E-state index >= 15 is 0 Å². The van der Waals surface area contributed by atoms with E-state index in [-0.39, 0.29) is 0 Å². The highest BCUT2D eigenvalue weighted by Crippen LogP contribution is 1.96. The fourth-order valence-corrected chi connectivity index (χ4v) is 1.02. The van der Waals surface area contributed by atoms with Crippen molar-refractivity contribution < 1.29 is 0 Å². The van der Waals surface area contributed by atoms with Crippen LogP contribution in [0.3, 0.4) is 0 Å². The van der Waals surface area contributed by atoms with Crippen LogP contribution in [0, 0.1) is 0 Å². The van der Waals surface area contributed by atoms with Gasteiger partial charge in [0.1, 0.15) is 0 Å². The molecule has 0 unspecified atom stereocenters. The summed E-state index contributed by atoms with van der Waals surface area (Å²) in [4.78, 5) is 0. The molecule has 4 heteroatoms. The molecule has 0 heterocycles. The molecule has 0 rings (SSSR count). The first-order valence-electron chi connectivity index (χ1n) is 4.47. The third-order valence-electron chi connectivity index (χ3n) is 1.64. The van der Waals surface area contributed by atoms with Crippen LogP contribution >= 0.6 is 12.2 Å². The van der Waals surface area contributed by atoms with Crippen LogP contribution in [0.15, 0.2) is 0 Å². The molecule has 0 atom stereocenters. The van der Waals surface area contributed by atoms with E-state index < -0.39 is 0 Å². The molecule has 0 saturated heterocycles. The van der Waals surface area contributed by atoms with Gasteiger partial charge in [-0.3, -0.25) is 0 Å². The molecule has 0 aliphatic heterocycles. The Morgan fingerprint density at radius 3 is 2.50 bits per heavy atom. The Hall–Kier alpha value is -0.350. The minimum Gasteiger partial charge on any atom is -0.366 e. The van der Waals surface area contributed by atoms with E-state index in [2.05, 4.69) is 10.6 Å². The van der Waals surface area contributed by atoms with Crippen molar-refractivity contribution in [3.8, 4) is 0 Å². The fourth-order valence-electron chi connectivity index (χ4n) is 0.913. The van der Waals surface area contributed by atoms with E-state index in [1.807, 2.05) is 7.05 Å². The van der Waals surface area contributed by atoms with Gasteiger partial charge in [0.15, 0.2) is 5.11 Å². The van der Waals surface area contributed by atoms with Crippen LogP contribution in [-0.4, -0.2) is 25.2 Å². The first kappa shape index (κ1) is 11.6. The van der Waals surface area contributed by atoms with Gasteiger partial charge in [-0.25, -0.2) is 0 Å². The first-order chi connectivity index (χ1) is 5.81. The standard InChI is InChI=1S/C8H19N3S/c1-10-8(12)11-7-5-3-2-4-6-9/h2-7,9H2,1H3,(H2,10,11,12). The van der Waals surface area contributed by atoms with Crippen molar-refractivity contribution in [1.82, 2.24) is 10.6 Å². The summed E-state index contributed by atoms with van der Waals surface area (Å²) in [6, 6.07) is 0. The molecule has 0 aromatic carbocycles. The maximum Gasteiger partial charge on any atom is 0.166 e. The largest absolute Gasteiger partial charge is 0.366 e. The highest BCUT2D eigenvalue weighted by Gasteiger charge is 1.90. The van der Waals surface area contributed by atoms with E-state index in [0.717, 1.165) is 24.6 Å². The molecule has 72 valence electrons. The average Bonchev–Trinajstić information content (AvgIpc) is 2.10. The Labute approximate surface area is 80.1 Å². The van der Waals surface area contributed by atoms with Crippen LogP contribution in [0.25, 0.3) is 0 Å². The van der Waals surface area contributed by atoms with E-state index in [0.29, 0.717) is 0 Å². The lowest BCUT2D eigenvalue weighted by Crippen LogP contribution is -2.32. The summed E-state index contributed by atoms with van der Waals surface area (Å²) in [6.45, 7) is 1.77. The van der Waals surface area contributed by atoms with Gasteiger partial charge in [-0.2, -0.15) is 0 Å². The second kappa shape index (κ2) is 8.74. The number of nitrogens with two attached hydrogens (primary N) is 1. The monoisotopic (exact) mass is 189 g/mol. The number of hydrogen-bond acceptors (Lipinski definition) is 2. The second-order valence-corrected chi connectivity index (χ2v) is 3.12. The number of nitrogens with one attached hydrogen (secondary N) is 2. The molecule has 0 aromatic heterocycles. The maximum atomic E-state index is 5.37. The number of hydrogen-bond donors (Lipinski definition) is 3. The van der Waals surface area contributed by atoms with Gasteiger partial charge in [-0.15, -0.1) is 0 Å². The summed E-state index contributed by atoms with van der Waals surface area (Å²) in [5.74, 6) is 0. The number of thiocarbonyl (C=S) groups is 1. The van der Waals surface area contributed by atoms with Gasteiger partial charge in [-0.05, 0) is 31.6 Å². The Morgan fingerprint density at radius 1 is 1.25 bits per heavy atom. The molecule has 0 aromatic rings. The SMILES string of the molecule is CNC(=S)NCCCCCCN. The average molecular weight is 189 g/mol. The molecule has 0 amide bonds. The zero-order chi connectivity index (χ0) is 9.23. The summed E-state index contributed by atoms with van der Waals surface area (Å²) in [6.07, 6.45) is 4.76. The third kappa shape index (κ3) is 7.75. The van der Waals surface area contributed by atoms with Crippen LogP contribution in [0.5, 0.6) is 0 Å². The molecule has 0 aliphatic rings. The topological polar surface area (TPSA) is 50.1 Å². The molecule has 0 bridgehead atoms. The Balaban J connectivity index is 2.95. The quantitative estimate of drug-likeness (QED) is 0.423. The van der Waals surface area contributed by atoms with Crippen molar-refractivity contribution in [2.24, 2.45) is 5.73 Å². The third-order valence-corrected chi connectivity index (χ3v) is 1.99. The molecule has 0 aliphatic carbocycles. The van der Waals surface area contributed by atoms with E-state index in [4.69, 9.17) is 18.0 Å². The summed E-state index contributed by atoms with van der Waals surface area (Å²) >= 11 is 4.91. The van der Waals surface area contributed by atoms with Crippen LogP contribution < -0.4 is 16.4 Å². The Kier molecular flexibility index (Phi) is 8.49. The van der Waals surface area contributed by atoms with Gasteiger partial charge in [0, 0.05) is 13.6 Å². The fraction of sp³-hybridized carbons (Fsp3) is 0.875. The summed E-state index contributed by atoms with van der Waals surface area (Å²) in [5.41, 5.74) is 5.37. The second-order valence-electron chi connectivity index (χ2n) is 2.71. The van der Waals surface area contributed by atoms with Crippen LogP contribution in [0.4, 0.5) is 0 Å². The molecular weight excluding hydrogens is 170 g/mol. The lowest BCUT2D eigenvalue weighted by atomic mass is 10.2.